The van der Waals surface area contributed by atoms with E-state index in [9.17, 15) is 0 Å². The van der Waals surface area contributed by atoms with Crippen molar-refractivity contribution in [3.05, 3.63) is 29.6 Å². The number of pyridine rings is 1. The minimum absolute atomic E-state index is 0. The maximum absolute atomic E-state index is 4.17. The van der Waals surface area contributed by atoms with Crippen LogP contribution in [0.4, 0.5) is 0 Å². The second-order valence-corrected chi connectivity index (χ2v) is 1.92. The van der Waals surface area contributed by atoms with Crippen molar-refractivity contribution in [3.63, 3.8) is 0 Å². The second-order valence-electron chi connectivity index (χ2n) is 1.92. The summed E-state index contributed by atoms with van der Waals surface area (Å²) in [5.74, 6) is 0. The molecule has 0 atom stereocenters. The number of hydrogen-bond acceptors (Lipinski definition) is 1. The molecule has 0 bridgehead atoms. The fourth-order valence-electron chi connectivity index (χ4n) is 0.679. The zero-order chi connectivity index (χ0) is 5.98. The fourth-order valence-corrected chi connectivity index (χ4v) is 0.679. The lowest BCUT2D eigenvalue weighted by Crippen LogP contribution is -1.81. The van der Waals surface area contributed by atoms with Crippen molar-refractivity contribution in [3.8, 4) is 0 Å². The molecule has 0 N–H and O–H groups in total. The largest absolute Gasteiger partial charge is 0.258 e. The zero-order valence-corrected chi connectivity index (χ0v) is 5.18. The molecule has 0 aliphatic heterocycles. The van der Waals surface area contributed by atoms with Crippen LogP contribution in [0.2, 0.25) is 0 Å². The lowest BCUT2D eigenvalue weighted by atomic mass is 10.3. The van der Waals surface area contributed by atoms with Gasteiger partial charge in [0.15, 0.2) is 0 Å². The van der Waals surface area contributed by atoms with Gasteiger partial charge in [-0.25, -0.2) is 0 Å². The van der Waals surface area contributed by atoms with Gasteiger partial charge in [0, 0.05) is 11.4 Å². The molecule has 0 amide bonds. The molecule has 1 rings (SSSR count). The van der Waals surface area contributed by atoms with E-state index in [0.29, 0.717) is 0 Å². The van der Waals surface area contributed by atoms with Crippen molar-refractivity contribution < 1.29 is 0 Å². The minimum atomic E-state index is 0. The predicted molar refractivity (Wildman–Crippen MR) is 43.7 cm³/mol. The van der Waals surface area contributed by atoms with Crippen LogP contribution in [0.1, 0.15) is 11.4 Å². The molecular weight excluding hydrogens is 109 g/mol. The molecule has 1 aromatic heterocycles. The first-order valence-electron chi connectivity index (χ1n) is 2.69. The molecular formula is C7H12BN. The highest BCUT2D eigenvalue weighted by Gasteiger charge is 1.82. The SMILES string of the molecule is B.Cc1cccc(C)n1. The maximum atomic E-state index is 4.17. The Kier molecular flexibility index (Phi) is 3.00. The summed E-state index contributed by atoms with van der Waals surface area (Å²) < 4.78 is 0. The summed E-state index contributed by atoms with van der Waals surface area (Å²) in [5.41, 5.74) is 2.18. The summed E-state index contributed by atoms with van der Waals surface area (Å²) in [7, 11) is 0. The van der Waals surface area contributed by atoms with Gasteiger partial charge in [-0.1, -0.05) is 6.07 Å². The number of aromatic nitrogens is 1. The topological polar surface area (TPSA) is 12.9 Å². The van der Waals surface area contributed by atoms with Gasteiger partial charge in [-0.15, -0.1) is 0 Å². The molecule has 1 aromatic rings. The van der Waals surface area contributed by atoms with Crippen LogP contribution in [0.3, 0.4) is 0 Å². The molecule has 0 fully saturated rings. The van der Waals surface area contributed by atoms with Crippen molar-refractivity contribution in [1.29, 1.82) is 0 Å². The van der Waals surface area contributed by atoms with Gasteiger partial charge in [0.2, 0.25) is 0 Å². The van der Waals surface area contributed by atoms with E-state index >= 15 is 0 Å². The molecule has 48 valence electrons. The predicted octanol–water partition coefficient (Wildman–Crippen LogP) is 0.515. The molecule has 0 radical (unpaired) electrons. The Labute approximate surface area is 57.7 Å². The Hall–Kier alpha value is -0.785. The number of aryl methyl sites for hydroxylation is 2. The van der Waals surface area contributed by atoms with E-state index < -0.39 is 0 Å². The van der Waals surface area contributed by atoms with E-state index in [1.807, 2.05) is 32.0 Å². The van der Waals surface area contributed by atoms with E-state index in [0.717, 1.165) is 11.4 Å². The lowest BCUT2D eigenvalue weighted by Gasteiger charge is -1.90. The summed E-state index contributed by atoms with van der Waals surface area (Å²) >= 11 is 0. The first kappa shape index (κ1) is 8.21. The van der Waals surface area contributed by atoms with Crippen LogP contribution in [0, 0.1) is 13.8 Å². The van der Waals surface area contributed by atoms with Gasteiger partial charge in [-0.3, -0.25) is 4.98 Å². The third kappa shape index (κ3) is 2.31. The van der Waals surface area contributed by atoms with Gasteiger partial charge in [-0.2, -0.15) is 0 Å². The Morgan fingerprint density at radius 2 is 1.56 bits per heavy atom. The monoisotopic (exact) mass is 121 g/mol. The van der Waals surface area contributed by atoms with Gasteiger partial charge in [-0.05, 0) is 26.0 Å². The van der Waals surface area contributed by atoms with Crippen LogP contribution in [0.25, 0.3) is 0 Å². The first-order chi connectivity index (χ1) is 3.79. The maximum Gasteiger partial charge on any atom is 0.0814 e. The van der Waals surface area contributed by atoms with Crippen molar-refractivity contribution in [2.75, 3.05) is 0 Å². The Morgan fingerprint density at radius 3 is 1.78 bits per heavy atom. The van der Waals surface area contributed by atoms with Gasteiger partial charge < -0.3 is 0 Å². The molecule has 0 unspecified atom stereocenters. The highest BCUT2D eigenvalue weighted by Crippen LogP contribution is 1.93. The van der Waals surface area contributed by atoms with Crippen LogP contribution in [0.15, 0.2) is 18.2 Å². The zero-order valence-electron chi connectivity index (χ0n) is 5.18. The molecule has 1 nitrogen and oxygen atoms in total. The Balaban J connectivity index is 0.000000640. The van der Waals surface area contributed by atoms with Crippen molar-refractivity contribution in [2.24, 2.45) is 0 Å². The van der Waals surface area contributed by atoms with E-state index in [1.165, 1.54) is 0 Å². The normalized spacial score (nSPS) is 8.22. The van der Waals surface area contributed by atoms with E-state index in [-0.39, 0.29) is 8.41 Å². The third-order valence-electron chi connectivity index (χ3n) is 1.03. The summed E-state index contributed by atoms with van der Waals surface area (Å²) in [6.45, 7) is 3.99. The average Bonchev–Trinajstić information content (AvgIpc) is 1.64. The van der Waals surface area contributed by atoms with E-state index in [2.05, 4.69) is 4.98 Å². The minimum Gasteiger partial charge on any atom is -0.258 e. The Bertz CT molecular complexity index is 169. The molecule has 1 heterocycles. The van der Waals surface area contributed by atoms with Crippen LogP contribution in [-0.4, -0.2) is 13.4 Å². The number of nitrogens with zero attached hydrogens (tertiary/aromatic N) is 1. The fraction of sp³-hybridized carbons (Fsp3) is 0.286. The van der Waals surface area contributed by atoms with Gasteiger partial charge in [0.05, 0.1) is 8.41 Å². The molecule has 9 heavy (non-hydrogen) atoms. The molecule has 0 aromatic carbocycles. The summed E-state index contributed by atoms with van der Waals surface area (Å²) in [6.07, 6.45) is 0. The molecule has 0 spiro atoms. The molecule has 0 saturated heterocycles. The van der Waals surface area contributed by atoms with Crippen molar-refractivity contribution in [2.45, 2.75) is 13.8 Å². The average molecular weight is 121 g/mol. The molecule has 2 heteroatoms. The highest BCUT2D eigenvalue weighted by molar-refractivity contribution is 5.75. The second kappa shape index (κ2) is 3.28. The summed E-state index contributed by atoms with van der Waals surface area (Å²) in [4.78, 5) is 4.17. The number of rotatable bonds is 0. The van der Waals surface area contributed by atoms with Gasteiger partial charge in [0.25, 0.3) is 0 Å². The number of hydrogen-bond donors (Lipinski definition) is 0. The van der Waals surface area contributed by atoms with Gasteiger partial charge in [0.1, 0.15) is 0 Å². The van der Waals surface area contributed by atoms with Crippen LogP contribution < -0.4 is 0 Å². The highest BCUT2D eigenvalue weighted by atomic mass is 14.7. The van der Waals surface area contributed by atoms with Crippen LogP contribution in [0.5, 0.6) is 0 Å². The summed E-state index contributed by atoms with van der Waals surface area (Å²) in [6, 6.07) is 6.00. The standard InChI is InChI=1S/C7H9N.BH3/c1-6-4-3-5-7(2)8-6;/h3-5H,1-2H3;1H3. The summed E-state index contributed by atoms with van der Waals surface area (Å²) in [5, 5.41) is 0. The molecule has 0 saturated carbocycles. The van der Waals surface area contributed by atoms with Crippen LogP contribution >= 0.6 is 0 Å². The van der Waals surface area contributed by atoms with Crippen molar-refractivity contribution in [1.82, 2.24) is 4.98 Å². The van der Waals surface area contributed by atoms with Gasteiger partial charge >= 0.3 is 0 Å². The quantitative estimate of drug-likeness (QED) is 0.456. The van der Waals surface area contributed by atoms with Crippen LogP contribution in [-0.2, 0) is 0 Å². The third-order valence-corrected chi connectivity index (χ3v) is 1.03. The smallest absolute Gasteiger partial charge is 0.0814 e. The first-order valence-corrected chi connectivity index (χ1v) is 2.69. The van der Waals surface area contributed by atoms with E-state index in [4.69, 9.17) is 0 Å². The van der Waals surface area contributed by atoms with E-state index in [1.54, 1.807) is 0 Å². The lowest BCUT2D eigenvalue weighted by molar-refractivity contribution is 1.12. The van der Waals surface area contributed by atoms with Crippen molar-refractivity contribution >= 4 is 8.41 Å². The molecule has 0 aliphatic carbocycles. The molecule has 0 aliphatic rings. The Morgan fingerprint density at radius 1 is 1.11 bits per heavy atom.